The van der Waals surface area contributed by atoms with E-state index in [4.69, 9.17) is 0 Å². The Balaban J connectivity index is 0. The van der Waals surface area contributed by atoms with Gasteiger partial charge in [0.1, 0.15) is 0 Å². The molecule has 0 amide bonds. The summed E-state index contributed by atoms with van der Waals surface area (Å²) in [5.74, 6) is 3.85. The van der Waals surface area contributed by atoms with E-state index in [1.807, 2.05) is 41.5 Å². The van der Waals surface area contributed by atoms with Gasteiger partial charge in [0.25, 0.3) is 0 Å². The van der Waals surface area contributed by atoms with E-state index >= 15 is 0 Å². The predicted molar refractivity (Wildman–Crippen MR) is 173 cm³/mol. The third-order valence-corrected chi connectivity index (χ3v) is 8.52. The van der Waals surface area contributed by atoms with Crippen LogP contribution in [0.2, 0.25) is 0 Å². The first-order chi connectivity index (χ1) is 17.3. The van der Waals surface area contributed by atoms with Crippen LogP contribution in [0.25, 0.3) is 0 Å². The number of terminal acetylenes is 1. The maximum Gasteiger partial charge on any atom is 0.0104 e. The van der Waals surface area contributed by atoms with Crippen molar-refractivity contribution in [3.05, 3.63) is 47.6 Å². The van der Waals surface area contributed by atoms with E-state index < -0.39 is 0 Å². The fraction of sp³-hybridized carbons (Fsp3) is 0.730. The Morgan fingerprint density at radius 3 is 1.97 bits per heavy atom. The first kappa shape index (κ1) is 37.7. The number of fused-ring (bicyclic) bond motifs is 3. The summed E-state index contributed by atoms with van der Waals surface area (Å²) in [6, 6.07) is 0. The molecule has 2 saturated carbocycles. The lowest BCUT2D eigenvalue weighted by Crippen LogP contribution is -2.49. The van der Waals surface area contributed by atoms with Crippen molar-refractivity contribution in [3.63, 3.8) is 0 Å². The number of rotatable bonds is 4. The lowest BCUT2D eigenvalue weighted by molar-refractivity contribution is 0.00278. The summed E-state index contributed by atoms with van der Waals surface area (Å²) in [6.07, 6.45) is 22.0. The fourth-order valence-electron chi connectivity index (χ4n) is 7.05. The number of hydrogen-bond donors (Lipinski definition) is 0. The highest BCUT2D eigenvalue weighted by Crippen LogP contribution is 2.66. The van der Waals surface area contributed by atoms with Gasteiger partial charge in [-0.05, 0) is 102 Å². The van der Waals surface area contributed by atoms with Crippen LogP contribution in [-0.4, -0.2) is 0 Å². The molecule has 3 aliphatic carbocycles. The van der Waals surface area contributed by atoms with Gasteiger partial charge in [0.05, 0.1) is 0 Å². The molecule has 214 valence electrons. The van der Waals surface area contributed by atoms with Crippen LogP contribution in [0.4, 0.5) is 0 Å². The molecule has 0 radical (unpaired) electrons. The predicted octanol–water partition coefficient (Wildman–Crippen LogP) is 12.5. The first-order valence-corrected chi connectivity index (χ1v) is 15.4. The molecule has 0 heteroatoms. The Morgan fingerprint density at radius 1 is 1.03 bits per heavy atom. The van der Waals surface area contributed by atoms with Crippen LogP contribution in [0.1, 0.15) is 148 Å². The van der Waals surface area contributed by atoms with Crippen LogP contribution in [0.15, 0.2) is 47.6 Å². The first-order valence-electron chi connectivity index (χ1n) is 15.4. The molecule has 0 aromatic carbocycles. The topological polar surface area (TPSA) is 0 Å². The maximum atomic E-state index is 4.60. The minimum Gasteiger partial charge on any atom is -0.120 e. The largest absolute Gasteiger partial charge is 0.120 e. The van der Waals surface area contributed by atoms with E-state index in [-0.39, 0.29) is 5.41 Å². The van der Waals surface area contributed by atoms with E-state index in [2.05, 4.69) is 79.2 Å². The molecular weight excluding hydrogens is 444 g/mol. The molecule has 3 rings (SSSR count). The van der Waals surface area contributed by atoms with Gasteiger partial charge in [-0.25, -0.2) is 0 Å². The molecule has 37 heavy (non-hydrogen) atoms. The molecule has 0 bridgehead atoms. The molecule has 0 nitrogen and oxygen atoms in total. The van der Waals surface area contributed by atoms with E-state index in [0.717, 1.165) is 11.8 Å². The van der Waals surface area contributed by atoms with Gasteiger partial charge in [-0.15, -0.1) is 18.9 Å². The van der Waals surface area contributed by atoms with Crippen molar-refractivity contribution in [2.45, 2.75) is 148 Å². The number of allylic oxidation sites excluding steroid dienone is 6. The van der Waals surface area contributed by atoms with Gasteiger partial charge in [-0.1, -0.05) is 110 Å². The summed E-state index contributed by atoms with van der Waals surface area (Å²) in [4.78, 5) is 0. The lowest BCUT2D eigenvalue weighted by Gasteiger charge is -2.60. The van der Waals surface area contributed by atoms with Gasteiger partial charge in [0, 0.05) is 5.41 Å². The molecule has 0 spiro atoms. The van der Waals surface area contributed by atoms with Crippen LogP contribution in [-0.2, 0) is 0 Å². The summed E-state index contributed by atoms with van der Waals surface area (Å²) < 4.78 is 0. The highest BCUT2D eigenvalue weighted by atomic mass is 14.6. The quantitative estimate of drug-likeness (QED) is 0.260. The van der Waals surface area contributed by atoms with E-state index in [1.165, 1.54) is 68.9 Å². The summed E-state index contributed by atoms with van der Waals surface area (Å²) >= 11 is 0. The number of hydrogen-bond acceptors (Lipinski definition) is 0. The van der Waals surface area contributed by atoms with Crippen molar-refractivity contribution >= 4 is 0 Å². The van der Waals surface area contributed by atoms with E-state index in [1.54, 1.807) is 18.1 Å². The fourth-order valence-corrected chi connectivity index (χ4v) is 7.05. The Hall–Kier alpha value is -1.48. The molecule has 5 atom stereocenters. The van der Waals surface area contributed by atoms with Crippen molar-refractivity contribution in [1.82, 2.24) is 0 Å². The van der Waals surface area contributed by atoms with Gasteiger partial charge >= 0.3 is 0 Å². The molecule has 3 aliphatic rings. The Morgan fingerprint density at radius 2 is 1.54 bits per heavy atom. The average molecular weight is 511 g/mol. The van der Waals surface area contributed by atoms with Crippen molar-refractivity contribution in [1.29, 1.82) is 0 Å². The van der Waals surface area contributed by atoms with Gasteiger partial charge < -0.3 is 0 Å². The molecule has 0 aromatic rings. The highest BCUT2D eigenvalue weighted by molar-refractivity contribution is 5.43. The second-order valence-electron chi connectivity index (χ2n) is 12.2. The lowest BCUT2D eigenvalue weighted by atomic mass is 9.44. The van der Waals surface area contributed by atoms with Crippen LogP contribution in [0, 0.1) is 40.4 Å². The summed E-state index contributed by atoms with van der Waals surface area (Å²) in [5.41, 5.74) is 7.19. The molecule has 0 saturated heterocycles. The van der Waals surface area contributed by atoms with Gasteiger partial charge in [0.2, 0.25) is 0 Å². The van der Waals surface area contributed by atoms with Crippen LogP contribution in [0.3, 0.4) is 0 Å². The normalized spacial score (nSPS) is 32.3. The standard InChI is InChI=1S/C26H42.C4H8.C3H4.2C2H6/c1-8-13-24(5)15-16-25(6)21(18-24)12-14-26(7)22(17-19(3)4)20(9-2)10-11-23(25)26;1-4(2)3;1-3-2;2*1-2/h11,17,20-21H,3,8-10,12-16,18H2,1-2,4-7H3;1H2,2-3H3;1H,2H3;2*1-2H3/b22-17+;;;;. The van der Waals surface area contributed by atoms with E-state index in [9.17, 15) is 0 Å². The Kier molecular flexibility index (Phi) is 18.2. The van der Waals surface area contributed by atoms with Gasteiger partial charge in [0.15, 0.2) is 0 Å². The average Bonchev–Trinajstić information content (AvgIpc) is 2.83. The summed E-state index contributed by atoms with van der Waals surface area (Å²) in [5, 5.41) is 0. The maximum absolute atomic E-state index is 4.60. The highest BCUT2D eigenvalue weighted by Gasteiger charge is 2.55. The van der Waals surface area contributed by atoms with Crippen molar-refractivity contribution in [3.8, 4) is 12.3 Å². The minimum absolute atomic E-state index is 0.279. The molecule has 0 N–H and O–H groups in total. The van der Waals surface area contributed by atoms with Crippen LogP contribution < -0.4 is 0 Å². The monoisotopic (exact) mass is 511 g/mol. The third kappa shape index (κ3) is 10.3. The van der Waals surface area contributed by atoms with Crippen molar-refractivity contribution < 1.29 is 0 Å². The third-order valence-electron chi connectivity index (χ3n) is 8.52. The molecule has 2 fully saturated rings. The second-order valence-corrected chi connectivity index (χ2v) is 12.2. The SMILES string of the molecule is C#CC.C=C(C)/C=C1\C(CC)CC=C2C1(C)CCC1CC(C)(CCC)CCC21C.C=C(C)C.CC.CC. The second kappa shape index (κ2) is 17.9. The zero-order valence-corrected chi connectivity index (χ0v) is 27.7. The smallest absolute Gasteiger partial charge is 0.0104 e. The zero-order chi connectivity index (χ0) is 29.4. The van der Waals surface area contributed by atoms with Crippen molar-refractivity contribution in [2.75, 3.05) is 0 Å². The molecular formula is C37H66. The molecule has 0 heterocycles. The van der Waals surface area contributed by atoms with Gasteiger partial charge in [-0.2, -0.15) is 0 Å². The van der Waals surface area contributed by atoms with Crippen molar-refractivity contribution in [2.24, 2.45) is 28.1 Å². The molecule has 0 aromatic heterocycles. The zero-order valence-electron chi connectivity index (χ0n) is 27.7. The van der Waals surface area contributed by atoms with Crippen LogP contribution >= 0.6 is 0 Å². The van der Waals surface area contributed by atoms with E-state index in [0.29, 0.717) is 10.8 Å². The minimum atomic E-state index is 0.279. The van der Waals surface area contributed by atoms with Crippen LogP contribution in [0.5, 0.6) is 0 Å². The van der Waals surface area contributed by atoms with Gasteiger partial charge in [-0.3, -0.25) is 0 Å². The molecule has 0 aliphatic heterocycles. The summed E-state index contributed by atoms with van der Waals surface area (Å²) in [7, 11) is 0. The summed E-state index contributed by atoms with van der Waals surface area (Å²) in [6.45, 7) is 36.0. The Bertz CT molecular complexity index is 779. The molecule has 5 unspecified atom stereocenters. The Labute approximate surface area is 235 Å².